The van der Waals surface area contributed by atoms with Gasteiger partial charge in [-0.2, -0.15) is 5.10 Å². The fourth-order valence-electron chi connectivity index (χ4n) is 2.36. The van der Waals surface area contributed by atoms with Crippen LogP contribution in [-0.4, -0.2) is 23.4 Å². The van der Waals surface area contributed by atoms with Crippen LogP contribution in [0.5, 0.6) is 5.75 Å². The molecule has 110 valence electrons. The Hall–Kier alpha value is -1.33. The third-order valence-electron chi connectivity index (χ3n) is 3.40. The summed E-state index contributed by atoms with van der Waals surface area (Å²) in [5, 5.41) is 10.2. The normalized spacial score (nSPS) is 12.6. The summed E-state index contributed by atoms with van der Waals surface area (Å²) < 4.78 is 7.53. The standard InChI is InChI=1S/C15H23N3OS/c1-5-8-16-13(15-11(3)7-9-20-15)14-12(19-4)10-17-18(14)6-2/h7,9-10,13,16H,5-6,8H2,1-4H3. The van der Waals surface area contributed by atoms with Gasteiger partial charge in [-0.05, 0) is 43.8 Å². The van der Waals surface area contributed by atoms with E-state index < -0.39 is 0 Å². The van der Waals surface area contributed by atoms with Gasteiger partial charge >= 0.3 is 0 Å². The lowest BCUT2D eigenvalue weighted by molar-refractivity contribution is 0.399. The molecular formula is C15H23N3OS. The summed E-state index contributed by atoms with van der Waals surface area (Å²) in [7, 11) is 1.71. The first kappa shape index (κ1) is 15.1. The molecule has 20 heavy (non-hydrogen) atoms. The predicted octanol–water partition coefficient (Wildman–Crippen LogP) is 3.37. The van der Waals surface area contributed by atoms with Crippen LogP contribution >= 0.6 is 11.3 Å². The summed E-state index contributed by atoms with van der Waals surface area (Å²) in [4.78, 5) is 1.34. The van der Waals surface area contributed by atoms with E-state index in [4.69, 9.17) is 4.74 Å². The van der Waals surface area contributed by atoms with E-state index in [1.165, 1.54) is 10.4 Å². The van der Waals surface area contributed by atoms with Crippen molar-refractivity contribution in [3.8, 4) is 5.75 Å². The number of nitrogens with zero attached hydrogens (tertiary/aromatic N) is 2. The van der Waals surface area contributed by atoms with Crippen LogP contribution in [0.25, 0.3) is 0 Å². The van der Waals surface area contributed by atoms with Crippen molar-refractivity contribution in [1.29, 1.82) is 0 Å². The largest absolute Gasteiger partial charge is 0.493 e. The number of methoxy groups -OCH3 is 1. The molecule has 2 rings (SSSR count). The Morgan fingerprint density at radius 1 is 1.45 bits per heavy atom. The minimum atomic E-state index is 0.146. The number of ether oxygens (including phenoxy) is 1. The molecule has 2 aromatic heterocycles. The van der Waals surface area contributed by atoms with E-state index in [-0.39, 0.29) is 6.04 Å². The first-order valence-electron chi connectivity index (χ1n) is 7.09. The molecule has 5 heteroatoms. The lowest BCUT2D eigenvalue weighted by atomic mass is 10.1. The van der Waals surface area contributed by atoms with E-state index in [0.29, 0.717) is 0 Å². The fraction of sp³-hybridized carbons (Fsp3) is 0.533. The van der Waals surface area contributed by atoms with Gasteiger partial charge in [0.1, 0.15) is 5.69 Å². The molecule has 2 heterocycles. The Balaban J connectivity index is 2.46. The highest BCUT2D eigenvalue weighted by atomic mass is 32.1. The molecule has 2 aromatic rings. The number of rotatable bonds is 7. The minimum absolute atomic E-state index is 0.146. The van der Waals surface area contributed by atoms with Gasteiger partial charge in [0.05, 0.1) is 19.3 Å². The van der Waals surface area contributed by atoms with Gasteiger partial charge in [0, 0.05) is 11.4 Å². The third kappa shape index (κ3) is 2.88. The van der Waals surface area contributed by atoms with Crippen LogP contribution in [-0.2, 0) is 6.54 Å². The van der Waals surface area contributed by atoms with Crippen LogP contribution in [0.4, 0.5) is 0 Å². The second-order valence-electron chi connectivity index (χ2n) is 4.77. The first-order valence-corrected chi connectivity index (χ1v) is 7.97. The highest BCUT2D eigenvalue weighted by Gasteiger charge is 2.24. The number of aryl methyl sites for hydroxylation is 2. The second kappa shape index (κ2) is 6.90. The Kier molecular flexibility index (Phi) is 5.20. The Bertz CT molecular complexity index is 526. The quantitative estimate of drug-likeness (QED) is 0.850. The highest BCUT2D eigenvalue weighted by Crippen LogP contribution is 2.34. The van der Waals surface area contributed by atoms with Gasteiger partial charge < -0.3 is 10.1 Å². The van der Waals surface area contributed by atoms with Crippen molar-refractivity contribution in [2.75, 3.05) is 13.7 Å². The topological polar surface area (TPSA) is 39.1 Å². The number of hydrogen-bond acceptors (Lipinski definition) is 4. The SMILES string of the molecule is CCCNC(c1sccc1C)c1c(OC)cnn1CC. The van der Waals surface area contributed by atoms with Crippen molar-refractivity contribution in [3.05, 3.63) is 33.8 Å². The first-order chi connectivity index (χ1) is 9.72. The molecule has 0 amide bonds. The maximum atomic E-state index is 5.51. The molecular weight excluding hydrogens is 270 g/mol. The van der Waals surface area contributed by atoms with Gasteiger partial charge in [0.2, 0.25) is 0 Å². The Labute approximate surface area is 124 Å². The van der Waals surface area contributed by atoms with Crippen LogP contribution in [0.1, 0.15) is 42.4 Å². The summed E-state index contributed by atoms with van der Waals surface area (Å²) >= 11 is 1.79. The Morgan fingerprint density at radius 2 is 2.25 bits per heavy atom. The zero-order valence-electron chi connectivity index (χ0n) is 12.6. The Morgan fingerprint density at radius 3 is 2.80 bits per heavy atom. The van der Waals surface area contributed by atoms with E-state index in [2.05, 4.69) is 42.6 Å². The van der Waals surface area contributed by atoms with Crippen LogP contribution in [0.3, 0.4) is 0 Å². The van der Waals surface area contributed by atoms with Crippen molar-refractivity contribution in [3.63, 3.8) is 0 Å². The van der Waals surface area contributed by atoms with E-state index in [9.17, 15) is 0 Å². The molecule has 0 aliphatic rings. The maximum absolute atomic E-state index is 5.51. The van der Waals surface area contributed by atoms with Gasteiger partial charge in [-0.3, -0.25) is 4.68 Å². The van der Waals surface area contributed by atoms with Gasteiger partial charge in [0.15, 0.2) is 5.75 Å². The number of nitrogens with one attached hydrogen (secondary N) is 1. The molecule has 0 saturated heterocycles. The van der Waals surface area contributed by atoms with Crippen molar-refractivity contribution < 1.29 is 4.74 Å². The molecule has 4 nitrogen and oxygen atoms in total. The molecule has 1 unspecified atom stereocenters. The lowest BCUT2D eigenvalue weighted by Gasteiger charge is -2.20. The van der Waals surface area contributed by atoms with E-state index >= 15 is 0 Å². The second-order valence-corrected chi connectivity index (χ2v) is 5.72. The fourth-order valence-corrected chi connectivity index (χ4v) is 3.36. The molecule has 1 atom stereocenters. The van der Waals surface area contributed by atoms with E-state index in [1.54, 1.807) is 18.4 Å². The monoisotopic (exact) mass is 293 g/mol. The molecule has 0 aromatic carbocycles. The molecule has 0 bridgehead atoms. The number of thiophene rings is 1. The molecule has 0 saturated carbocycles. The van der Waals surface area contributed by atoms with Crippen molar-refractivity contribution in [2.24, 2.45) is 0 Å². The van der Waals surface area contributed by atoms with Gasteiger partial charge in [-0.15, -0.1) is 11.3 Å². The summed E-state index contributed by atoms with van der Waals surface area (Å²) in [5.74, 6) is 0.855. The highest BCUT2D eigenvalue weighted by molar-refractivity contribution is 7.10. The van der Waals surface area contributed by atoms with Gasteiger partial charge in [-0.25, -0.2) is 0 Å². The van der Waals surface area contributed by atoms with E-state index in [0.717, 1.165) is 31.0 Å². The molecule has 0 aliphatic carbocycles. The summed E-state index contributed by atoms with van der Waals surface area (Å²) in [6.45, 7) is 8.26. The average Bonchev–Trinajstić information content (AvgIpc) is 3.06. The van der Waals surface area contributed by atoms with Crippen molar-refractivity contribution >= 4 is 11.3 Å². The summed E-state index contributed by atoms with van der Waals surface area (Å²) in [6, 6.07) is 2.31. The van der Waals surface area contributed by atoms with Crippen LogP contribution in [0, 0.1) is 6.92 Å². The summed E-state index contributed by atoms with van der Waals surface area (Å²) in [5.41, 5.74) is 2.43. The van der Waals surface area contributed by atoms with Crippen LogP contribution < -0.4 is 10.1 Å². The van der Waals surface area contributed by atoms with Crippen molar-refractivity contribution in [1.82, 2.24) is 15.1 Å². The zero-order valence-corrected chi connectivity index (χ0v) is 13.5. The molecule has 0 spiro atoms. The number of hydrogen-bond donors (Lipinski definition) is 1. The number of aromatic nitrogens is 2. The maximum Gasteiger partial charge on any atom is 0.161 e. The lowest BCUT2D eigenvalue weighted by Crippen LogP contribution is -2.26. The smallest absolute Gasteiger partial charge is 0.161 e. The van der Waals surface area contributed by atoms with E-state index in [1.807, 2.05) is 10.9 Å². The predicted molar refractivity (Wildman–Crippen MR) is 83.6 cm³/mol. The van der Waals surface area contributed by atoms with Gasteiger partial charge in [-0.1, -0.05) is 6.92 Å². The third-order valence-corrected chi connectivity index (χ3v) is 4.48. The summed E-state index contributed by atoms with van der Waals surface area (Å²) in [6.07, 6.45) is 2.91. The van der Waals surface area contributed by atoms with Gasteiger partial charge in [0.25, 0.3) is 0 Å². The van der Waals surface area contributed by atoms with Crippen LogP contribution in [0.15, 0.2) is 17.6 Å². The molecule has 1 N–H and O–H groups in total. The molecule has 0 radical (unpaired) electrons. The average molecular weight is 293 g/mol. The van der Waals surface area contributed by atoms with Crippen molar-refractivity contribution in [2.45, 2.75) is 39.8 Å². The molecule has 0 fully saturated rings. The van der Waals surface area contributed by atoms with Crippen LogP contribution in [0.2, 0.25) is 0 Å². The zero-order chi connectivity index (χ0) is 14.5. The minimum Gasteiger partial charge on any atom is -0.493 e. The molecule has 0 aliphatic heterocycles.